The maximum atomic E-state index is 11.4. The van der Waals surface area contributed by atoms with Crippen LogP contribution in [0.25, 0.3) is 0 Å². The Morgan fingerprint density at radius 1 is 1.44 bits per heavy atom. The molecule has 0 heterocycles. The summed E-state index contributed by atoms with van der Waals surface area (Å²) >= 11 is 0. The Labute approximate surface area is 95.0 Å². The van der Waals surface area contributed by atoms with Gasteiger partial charge in [0.2, 0.25) is 0 Å². The highest BCUT2D eigenvalue weighted by atomic mass is 16.5. The van der Waals surface area contributed by atoms with Crippen LogP contribution in [0.2, 0.25) is 0 Å². The Balaban J connectivity index is 4.81. The second-order valence-electron chi connectivity index (χ2n) is 3.93. The molecule has 0 saturated heterocycles. The van der Waals surface area contributed by atoms with Gasteiger partial charge in [-0.15, -0.1) is 0 Å². The van der Waals surface area contributed by atoms with Gasteiger partial charge in [0, 0.05) is 0 Å². The van der Waals surface area contributed by atoms with Crippen LogP contribution in [0.15, 0.2) is 0 Å². The molecule has 2 unspecified atom stereocenters. The number of nitriles is 1. The molecule has 0 rings (SSSR count). The van der Waals surface area contributed by atoms with E-state index in [1.807, 2.05) is 19.9 Å². The normalized spacial score (nSPS) is 13.9. The number of esters is 1. The van der Waals surface area contributed by atoms with E-state index in [-0.39, 0.29) is 12.5 Å². The molecule has 0 aromatic heterocycles. The molecule has 5 heteroatoms. The quantitative estimate of drug-likeness (QED) is 0.548. The van der Waals surface area contributed by atoms with Gasteiger partial charge in [-0.25, -0.2) is 0 Å². The van der Waals surface area contributed by atoms with Crippen molar-refractivity contribution >= 4 is 11.9 Å². The average Bonchev–Trinajstić information content (AvgIpc) is 2.15. The molecule has 0 spiro atoms. The number of nitrogens with zero attached hydrogens (tertiary/aromatic N) is 1. The number of carbonyl (C=O) groups is 2. The van der Waals surface area contributed by atoms with Crippen molar-refractivity contribution < 1.29 is 19.4 Å². The molecule has 0 aromatic rings. The first-order valence-electron chi connectivity index (χ1n) is 5.23. The van der Waals surface area contributed by atoms with E-state index in [0.717, 1.165) is 0 Å². The third-order valence-corrected chi connectivity index (χ3v) is 2.10. The molecule has 1 N–H and O–H groups in total. The molecule has 0 amide bonds. The minimum absolute atomic E-state index is 0.114. The lowest BCUT2D eigenvalue weighted by Crippen LogP contribution is -2.33. The first-order chi connectivity index (χ1) is 7.43. The molecule has 0 aliphatic rings. The molecule has 0 aliphatic carbocycles. The van der Waals surface area contributed by atoms with Crippen molar-refractivity contribution in [2.75, 3.05) is 6.61 Å². The summed E-state index contributed by atoms with van der Waals surface area (Å²) in [4.78, 5) is 22.4. The summed E-state index contributed by atoms with van der Waals surface area (Å²) in [6.07, 6.45) is 0.367. The molecule has 0 aromatic carbocycles. The second kappa shape index (κ2) is 6.83. The van der Waals surface area contributed by atoms with Crippen molar-refractivity contribution in [1.82, 2.24) is 0 Å². The van der Waals surface area contributed by atoms with E-state index in [1.165, 1.54) is 0 Å². The molecule has 16 heavy (non-hydrogen) atoms. The third-order valence-electron chi connectivity index (χ3n) is 2.10. The van der Waals surface area contributed by atoms with Crippen LogP contribution in [0.1, 0.15) is 27.2 Å². The van der Waals surface area contributed by atoms with E-state index in [1.54, 1.807) is 6.92 Å². The highest BCUT2D eigenvalue weighted by Crippen LogP contribution is 2.21. The summed E-state index contributed by atoms with van der Waals surface area (Å²) in [6, 6.07) is 1.87. The minimum atomic E-state index is -1.38. The smallest absolute Gasteiger partial charge is 0.321 e. The van der Waals surface area contributed by atoms with Crippen molar-refractivity contribution in [3.63, 3.8) is 0 Å². The molecular formula is C11H17NO4. The molecule has 2 atom stereocenters. The first-order valence-corrected chi connectivity index (χ1v) is 5.23. The molecular weight excluding hydrogens is 210 g/mol. The Hall–Kier alpha value is -1.57. The van der Waals surface area contributed by atoms with Crippen LogP contribution in [0.5, 0.6) is 0 Å². The molecule has 90 valence electrons. The van der Waals surface area contributed by atoms with Crippen molar-refractivity contribution in [3.8, 4) is 6.07 Å². The maximum absolute atomic E-state index is 11.4. The van der Waals surface area contributed by atoms with Crippen molar-refractivity contribution in [3.05, 3.63) is 0 Å². The van der Waals surface area contributed by atoms with E-state index in [2.05, 4.69) is 4.74 Å². The van der Waals surface area contributed by atoms with Gasteiger partial charge < -0.3 is 9.84 Å². The summed E-state index contributed by atoms with van der Waals surface area (Å²) in [5, 5.41) is 17.8. The van der Waals surface area contributed by atoms with Crippen LogP contribution in [0, 0.1) is 29.1 Å². The Bertz CT molecular complexity index is 293. The Morgan fingerprint density at radius 3 is 2.31 bits per heavy atom. The van der Waals surface area contributed by atoms with Gasteiger partial charge in [0.05, 0.1) is 18.6 Å². The van der Waals surface area contributed by atoms with Crippen LogP contribution in [0.3, 0.4) is 0 Å². The van der Waals surface area contributed by atoms with E-state index in [0.29, 0.717) is 6.42 Å². The number of hydrogen-bond acceptors (Lipinski definition) is 4. The zero-order valence-corrected chi connectivity index (χ0v) is 9.77. The van der Waals surface area contributed by atoms with Gasteiger partial charge in [0.15, 0.2) is 5.92 Å². The fourth-order valence-electron chi connectivity index (χ4n) is 1.44. The van der Waals surface area contributed by atoms with Crippen molar-refractivity contribution in [2.45, 2.75) is 27.2 Å². The topological polar surface area (TPSA) is 87.4 Å². The number of ether oxygens (including phenoxy) is 1. The van der Waals surface area contributed by atoms with Gasteiger partial charge in [-0.2, -0.15) is 5.26 Å². The van der Waals surface area contributed by atoms with Crippen LogP contribution in [-0.4, -0.2) is 23.7 Å². The fraction of sp³-hybridized carbons (Fsp3) is 0.727. The lowest BCUT2D eigenvalue weighted by atomic mass is 9.86. The monoisotopic (exact) mass is 227 g/mol. The van der Waals surface area contributed by atoms with E-state index < -0.39 is 23.8 Å². The highest BCUT2D eigenvalue weighted by Gasteiger charge is 2.36. The van der Waals surface area contributed by atoms with Crippen molar-refractivity contribution in [1.29, 1.82) is 5.26 Å². The Kier molecular flexibility index (Phi) is 6.16. The van der Waals surface area contributed by atoms with Crippen LogP contribution >= 0.6 is 0 Å². The average molecular weight is 227 g/mol. The number of hydrogen-bond donors (Lipinski definition) is 1. The molecule has 0 aliphatic heterocycles. The summed E-state index contributed by atoms with van der Waals surface area (Å²) in [5.74, 6) is -4.20. The molecule has 0 radical (unpaired) electrons. The predicted octanol–water partition coefficient (Wildman–Crippen LogP) is 1.44. The minimum Gasteiger partial charge on any atom is -0.481 e. The van der Waals surface area contributed by atoms with Crippen LogP contribution < -0.4 is 0 Å². The zero-order valence-electron chi connectivity index (χ0n) is 9.77. The van der Waals surface area contributed by atoms with Crippen molar-refractivity contribution in [2.24, 2.45) is 17.8 Å². The number of carboxylic acid groups (broad SMARTS) is 1. The maximum Gasteiger partial charge on any atom is 0.321 e. The van der Waals surface area contributed by atoms with Gasteiger partial charge in [-0.05, 0) is 19.3 Å². The third kappa shape index (κ3) is 4.30. The number of rotatable bonds is 6. The lowest BCUT2D eigenvalue weighted by Gasteiger charge is -2.17. The van der Waals surface area contributed by atoms with E-state index >= 15 is 0 Å². The molecule has 0 bridgehead atoms. The summed E-state index contributed by atoms with van der Waals surface area (Å²) in [6.45, 7) is 5.45. The SMILES string of the molecule is CCOC(=O)C(C(=O)O)C(C#N)CC(C)C. The van der Waals surface area contributed by atoms with E-state index in [9.17, 15) is 9.59 Å². The van der Waals surface area contributed by atoms with Gasteiger partial charge in [0.25, 0.3) is 0 Å². The lowest BCUT2D eigenvalue weighted by molar-refractivity contribution is -0.160. The number of carbonyl (C=O) groups excluding carboxylic acids is 1. The zero-order chi connectivity index (χ0) is 12.7. The highest BCUT2D eigenvalue weighted by molar-refractivity contribution is 5.94. The number of aliphatic carboxylic acids is 1. The molecule has 5 nitrogen and oxygen atoms in total. The first kappa shape index (κ1) is 14.4. The van der Waals surface area contributed by atoms with Gasteiger partial charge in [-0.3, -0.25) is 9.59 Å². The van der Waals surface area contributed by atoms with Crippen LogP contribution in [-0.2, 0) is 14.3 Å². The van der Waals surface area contributed by atoms with Gasteiger partial charge in [-0.1, -0.05) is 13.8 Å². The largest absolute Gasteiger partial charge is 0.481 e. The summed E-state index contributed by atoms with van der Waals surface area (Å²) < 4.78 is 4.66. The Morgan fingerprint density at radius 2 is 2.00 bits per heavy atom. The summed E-state index contributed by atoms with van der Waals surface area (Å²) in [5.41, 5.74) is 0. The van der Waals surface area contributed by atoms with Crippen LogP contribution in [0.4, 0.5) is 0 Å². The molecule has 0 fully saturated rings. The summed E-state index contributed by atoms with van der Waals surface area (Å²) in [7, 11) is 0. The van der Waals surface area contributed by atoms with Gasteiger partial charge in [0.1, 0.15) is 0 Å². The second-order valence-corrected chi connectivity index (χ2v) is 3.93. The predicted molar refractivity (Wildman–Crippen MR) is 56.3 cm³/mol. The molecule has 0 saturated carbocycles. The number of carboxylic acids is 1. The fourth-order valence-corrected chi connectivity index (χ4v) is 1.44. The standard InChI is InChI=1S/C11H17NO4/c1-4-16-11(15)9(10(13)14)8(6-12)5-7(2)3/h7-9H,4-5H2,1-3H3,(H,13,14). The van der Waals surface area contributed by atoms with Gasteiger partial charge >= 0.3 is 11.9 Å². The van der Waals surface area contributed by atoms with E-state index in [4.69, 9.17) is 10.4 Å².